The van der Waals surface area contributed by atoms with Crippen LogP contribution in [0.25, 0.3) is 0 Å². The van der Waals surface area contributed by atoms with Gasteiger partial charge in [-0.25, -0.2) is 4.39 Å². The number of amides is 4. The maximum absolute atomic E-state index is 13.7. The van der Waals surface area contributed by atoms with E-state index in [-0.39, 0.29) is 42.1 Å². The number of anilines is 2. The molecule has 49 heavy (non-hydrogen) atoms. The van der Waals surface area contributed by atoms with Gasteiger partial charge in [-0.3, -0.25) is 34.3 Å². The zero-order valence-corrected chi connectivity index (χ0v) is 28.1. The van der Waals surface area contributed by atoms with Crippen LogP contribution in [0.2, 0.25) is 0 Å². The molecule has 3 saturated heterocycles. The molecule has 0 radical (unpaired) electrons. The van der Waals surface area contributed by atoms with Crippen LogP contribution in [0.1, 0.15) is 46.4 Å². The molecule has 4 aliphatic rings. The highest BCUT2D eigenvalue weighted by molar-refractivity contribution is 7.95. The highest BCUT2D eigenvalue weighted by Crippen LogP contribution is 2.31. The molecule has 2 unspecified atom stereocenters. The number of nitrogens with zero attached hydrogens (tertiary/aromatic N) is 4. The van der Waals surface area contributed by atoms with Crippen LogP contribution in [0.15, 0.2) is 41.3 Å². The topological polar surface area (TPSA) is 178 Å². The Morgan fingerprint density at radius 3 is 2.37 bits per heavy atom. The number of likely N-dealkylation sites (tertiary alicyclic amines) is 1. The lowest BCUT2D eigenvalue weighted by Gasteiger charge is -2.39. The van der Waals surface area contributed by atoms with Crippen molar-refractivity contribution in [3.63, 3.8) is 0 Å². The number of hydrogen-bond donors (Lipinski definition) is 4. The van der Waals surface area contributed by atoms with E-state index in [0.29, 0.717) is 18.1 Å². The van der Waals surface area contributed by atoms with Gasteiger partial charge in [-0.2, -0.15) is 4.55 Å². The Hall–Kier alpha value is -3.80. The first-order chi connectivity index (χ1) is 23.5. The number of ether oxygens (including phenoxy) is 1. The van der Waals surface area contributed by atoms with E-state index in [1.807, 2.05) is 6.07 Å². The van der Waals surface area contributed by atoms with Crippen LogP contribution in [0.4, 0.5) is 15.8 Å². The molecule has 6 rings (SSSR count). The first-order valence-corrected chi connectivity index (χ1v) is 18.2. The Labute approximate surface area is 285 Å². The lowest BCUT2D eigenvalue weighted by molar-refractivity contribution is -0.136. The van der Waals surface area contributed by atoms with Gasteiger partial charge in [0.05, 0.1) is 36.6 Å². The van der Waals surface area contributed by atoms with Gasteiger partial charge in [0.15, 0.2) is 5.82 Å². The van der Waals surface area contributed by atoms with Crippen molar-refractivity contribution in [1.82, 2.24) is 24.7 Å². The number of fused-ring (bicyclic) bond motifs is 1. The minimum atomic E-state index is -3.59. The van der Waals surface area contributed by atoms with Gasteiger partial charge in [-0.15, -0.1) is 4.72 Å². The number of carbonyl (C=O) groups excluding carboxylic acids is 4. The molecule has 0 aromatic heterocycles. The zero-order valence-electron chi connectivity index (χ0n) is 27.3. The maximum atomic E-state index is 13.7. The highest BCUT2D eigenvalue weighted by Gasteiger charge is 2.45. The van der Waals surface area contributed by atoms with Crippen molar-refractivity contribution in [1.29, 1.82) is 0 Å². The average Bonchev–Trinajstić information content (AvgIpc) is 3.33. The molecule has 0 aliphatic carbocycles. The van der Waals surface area contributed by atoms with Gasteiger partial charge in [0.2, 0.25) is 16.7 Å². The number of carbonyl (C=O) groups is 4. The Bertz CT molecular complexity index is 1640. The SMILES string of the molecule is Nc1ccc([S+](=O)(O)NCCOCCN2CCC(CN3CCN(c4ccc5c(c4)C(=O)N(C4CCC(=O)NC4=O)C5=O)CC3)CC2)cc1F. The summed E-state index contributed by atoms with van der Waals surface area (Å²) < 4.78 is 44.5. The molecule has 5 N–H and O–H groups in total. The number of imide groups is 2. The van der Waals surface area contributed by atoms with Crippen LogP contribution in [-0.4, -0.2) is 121 Å². The lowest BCUT2D eigenvalue weighted by Crippen LogP contribution is -2.54. The minimum Gasteiger partial charge on any atom is -0.396 e. The van der Waals surface area contributed by atoms with E-state index in [9.17, 15) is 32.3 Å². The molecular weight excluding hydrogens is 657 g/mol. The molecule has 0 bridgehead atoms. The number of piperazine rings is 1. The number of nitrogens with one attached hydrogen (secondary N) is 2. The molecule has 2 aromatic carbocycles. The Balaban J connectivity index is 0.875. The lowest BCUT2D eigenvalue weighted by atomic mass is 9.96. The molecule has 4 aliphatic heterocycles. The molecule has 0 spiro atoms. The third kappa shape index (κ3) is 8.00. The van der Waals surface area contributed by atoms with Gasteiger partial charge in [-0.05, 0) is 66.7 Å². The number of piperidine rings is 2. The number of benzene rings is 2. The number of hydrogen-bond acceptors (Lipinski definition) is 10. The summed E-state index contributed by atoms with van der Waals surface area (Å²) in [6.07, 6.45) is 2.41. The number of nitrogens with two attached hydrogens (primary N) is 1. The molecule has 4 heterocycles. The largest absolute Gasteiger partial charge is 0.396 e. The van der Waals surface area contributed by atoms with Crippen LogP contribution in [-0.2, 0) is 28.9 Å². The van der Waals surface area contributed by atoms with Crippen molar-refractivity contribution in [3.8, 4) is 0 Å². The summed E-state index contributed by atoms with van der Waals surface area (Å²) in [4.78, 5) is 58.2. The standard InChI is InChI=1S/C33H42FN7O7S/c34-27-20-24(2-4-28(27)35)49(46,47)36-9-17-48-18-16-38-10-7-22(8-11-38)21-39-12-14-40(15-13-39)23-1-3-25-26(19-23)33(45)41(32(25)44)29-5-6-30(42)37-31(29)43/h1-4,19-20,22,29H,5-18,21H2,(H4-,35,36,37,42,43,46,47)/p+1. The van der Waals surface area contributed by atoms with E-state index in [2.05, 4.69) is 24.7 Å². The normalized spacial score (nSPS) is 22.4. The summed E-state index contributed by atoms with van der Waals surface area (Å²) in [5.74, 6) is -2.14. The minimum absolute atomic E-state index is 0.0685. The van der Waals surface area contributed by atoms with Crippen LogP contribution < -0.4 is 20.7 Å². The molecule has 16 heteroatoms. The molecule has 2 aromatic rings. The molecule has 0 saturated carbocycles. The second kappa shape index (κ2) is 15.0. The fourth-order valence-corrected chi connectivity index (χ4v) is 7.96. The number of nitrogen functional groups attached to an aromatic ring is 1. The van der Waals surface area contributed by atoms with E-state index in [1.54, 1.807) is 12.1 Å². The summed E-state index contributed by atoms with van der Waals surface area (Å²) in [7, 11) is -3.59. The molecule has 3 fully saturated rings. The Morgan fingerprint density at radius 2 is 1.65 bits per heavy atom. The second-order valence-electron chi connectivity index (χ2n) is 13.0. The summed E-state index contributed by atoms with van der Waals surface area (Å²) in [5, 5.41) is 2.23. The van der Waals surface area contributed by atoms with Gasteiger partial charge < -0.3 is 20.3 Å². The fourth-order valence-electron chi connectivity index (χ4n) is 6.91. The third-order valence-electron chi connectivity index (χ3n) is 9.77. The van der Waals surface area contributed by atoms with Crippen LogP contribution in [0.3, 0.4) is 0 Å². The Morgan fingerprint density at radius 1 is 0.918 bits per heavy atom. The predicted octanol–water partition coefficient (Wildman–Crippen LogP) is 1.20. The first kappa shape index (κ1) is 35.0. The molecule has 2 atom stereocenters. The summed E-state index contributed by atoms with van der Waals surface area (Å²) in [6, 6.07) is 7.85. The van der Waals surface area contributed by atoms with Crippen molar-refractivity contribution < 1.29 is 37.1 Å². The fraction of sp³-hybridized carbons (Fsp3) is 0.515. The predicted molar refractivity (Wildman–Crippen MR) is 180 cm³/mol. The summed E-state index contributed by atoms with van der Waals surface area (Å²) >= 11 is 0. The van der Waals surface area contributed by atoms with E-state index in [4.69, 9.17) is 10.5 Å². The quantitative estimate of drug-likeness (QED) is 0.108. The highest BCUT2D eigenvalue weighted by atomic mass is 32.3. The number of rotatable bonds is 12. The van der Waals surface area contributed by atoms with Crippen LogP contribution in [0.5, 0.6) is 0 Å². The summed E-state index contributed by atoms with van der Waals surface area (Å²) in [6.45, 7) is 8.05. The zero-order chi connectivity index (χ0) is 34.7. The average molecular weight is 701 g/mol. The molecule has 4 amide bonds. The van der Waals surface area contributed by atoms with Crippen molar-refractivity contribution in [2.75, 3.05) is 82.8 Å². The van der Waals surface area contributed by atoms with E-state index >= 15 is 0 Å². The Kier molecular flexibility index (Phi) is 10.7. The van der Waals surface area contributed by atoms with Gasteiger partial charge >= 0.3 is 10.4 Å². The number of halogens is 1. The first-order valence-electron chi connectivity index (χ1n) is 16.7. The van der Waals surface area contributed by atoms with E-state index < -0.39 is 45.9 Å². The van der Waals surface area contributed by atoms with Gasteiger partial charge in [0, 0.05) is 63.5 Å². The monoisotopic (exact) mass is 700 g/mol. The van der Waals surface area contributed by atoms with Crippen LogP contribution in [0, 0.1) is 11.7 Å². The van der Waals surface area contributed by atoms with E-state index in [0.717, 1.165) is 81.9 Å². The van der Waals surface area contributed by atoms with Gasteiger partial charge in [-0.1, -0.05) is 0 Å². The maximum Gasteiger partial charge on any atom is 0.323 e. The van der Waals surface area contributed by atoms with Crippen LogP contribution >= 0.6 is 0 Å². The molecular formula is C33H43FN7O7S+. The third-order valence-corrected chi connectivity index (χ3v) is 11.3. The van der Waals surface area contributed by atoms with Gasteiger partial charge in [0.25, 0.3) is 11.8 Å². The summed E-state index contributed by atoms with van der Waals surface area (Å²) in [5.41, 5.74) is 6.81. The van der Waals surface area contributed by atoms with E-state index in [1.165, 1.54) is 12.1 Å². The molecule has 14 nitrogen and oxygen atoms in total. The smallest absolute Gasteiger partial charge is 0.323 e. The van der Waals surface area contributed by atoms with Crippen molar-refractivity contribution in [3.05, 3.63) is 53.3 Å². The molecule has 264 valence electrons. The second-order valence-corrected chi connectivity index (χ2v) is 14.8. The van der Waals surface area contributed by atoms with Crippen molar-refractivity contribution in [2.45, 2.75) is 36.6 Å². The van der Waals surface area contributed by atoms with Gasteiger partial charge in [0.1, 0.15) is 6.04 Å². The van der Waals surface area contributed by atoms with Crippen molar-refractivity contribution >= 4 is 45.4 Å². The van der Waals surface area contributed by atoms with Crippen molar-refractivity contribution in [2.24, 2.45) is 5.92 Å².